The van der Waals surface area contributed by atoms with Crippen molar-refractivity contribution in [2.24, 2.45) is 0 Å². The molecule has 0 aliphatic rings. The van der Waals surface area contributed by atoms with Crippen molar-refractivity contribution in [2.45, 2.75) is 32.6 Å². The molecule has 2 rings (SSSR count). The molecule has 0 fully saturated rings. The molecule has 0 amide bonds. The van der Waals surface area contributed by atoms with Crippen LogP contribution in [-0.4, -0.2) is 14.8 Å². The predicted molar refractivity (Wildman–Crippen MR) is 64.7 cm³/mol. The van der Waals surface area contributed by atoms with Crippen LogP contribution in [0.2, 0.25) is 0 Å². The van der Waals surface area contributed by atoms with Gasteiger partial charge in [-0.3, -0.25) is 4.57 Å². The van der Waals surface area contributed by atoms with Crippen molar-refractivity contribution in [1.82, 2.24) is 14.8 Å². The summed E-state index contributed by atoms with van der Waals surface area (Å²) in [4.78, 5) is 0. The number of nitrogens with zero attached hydrogens (tertiary/aromatic N) is 3. The molecule has 0 saturated heterocycles. The summed E-state index contributed by atoms with van der Waals surface area (Å²) in [7, 11) is 0. The third kappa shape index (κ3) is 1.98. The summed E-state index contributed by atoms with van der Waals surface area (Å²) in [6.07, 6.45) is 3.99. The van der Waals surface area contributed by atoms with Gasteiger partial charge in [0.15, 0.2) is 0 Å². The van der Waals surface area contributed by atoms with E-state index in [1.165, 1.54) is 0 Å². The van der Waals surface area contributed by atoms with E-state index in [1.807, 2.05) is 18.2 Å². The van der Waals surface area contributed by atoms with Crippen molar-refractivity contribution in [3.8, 4) is 5.69 Å². The molecule has 3 heteroatoms. The van der Waals surface area contributed by atoms with Crippen molar-refractivity contribution in [2.75, 3.05) is 0 Å². The monoisotopic (exact) mass is 215 g/mol. The first-order valence-corrected chi connectivity index (χ1v) is 5.82. The Hall–Kier alpha value is -1.64. The second-order valence-electron chi connectivity index (χ2n) is 3.91. The maximum atomic E-state index is 4.25. The van der Waals surface area contributed by atoms with E-state index in [0.29, 0.717) is 5.92 Å². The fourth-order valence-corrected chi connectivity index (χ4v) is 1.96. The van der Waals surface area contributed by atoms with Gasteiger partial charge in [0.25, 0.3) is 0 Å². The van der Waals surface area contributed by atoms with Gasteiger partial charge in [-0.1, -0.05) is 32.0 Å². The van der Waals surface area contributed by atoms with Crippen molar-refractivity contribution in [3.05, 3.63) is 42.5 Å². The number of rotatable bonds is 4. The summed E-state index contributed by atoms with van der Waals surface area (Å²) >= 11 is 0. The molecule has 0 radical (unpaired) electrons. The van der Waals surface area contributed by atoms with E-state index in [0.717, 1.165) is 24.4 Å². The summed E-state index contributed by atoms with van der Waals surface area (Å²) in [5, 5.41) is 8.28. The van der Waals surface area contributed by atoms with Gasteiger partial charge in [-0.15, -0.1) is 10.2 Å². The van der Waals surface area contributed by atoms with Crippen molar-refractivity contribution < 1.29 is 0 Å². The van der Waals surface area contributed by atoms with Gasteiger partial charge in [-0.2, -0.15) is 0 Å². The molecule has 1 aromatic heterocycles. The molecule has 0 atom stereocenters. The molecule has 1 heterocycles. The second-order valence-corrected chi connectivity index (χ2v) is 3.91. The third-order valence-corrected chi connectivity index (χ3v) is 2.96. The molecule has 1 aromatic carbocycles. The van der Waals surface area contributed by atoms with Crippen LogP contribution in [0.4, 0.5) is 0 Å². The molecule has 3 nitrogen and oxygen atoms in total. The molecule has 0 aliphatic heterocycles. The highest BCUT2D eigenvalue weighted by Crippen LogP contribution is 2.22. The average Bonchev–Trinajstić information content (AvgIpc) is 2.81. The van der Waals surface area contributed by atoms with Crippen LogP contribution in [0.3, 0.4) is 0 Å². The van der Waals surface area contributed by atoms with E-state index in [-0.39, 0.29) is 0 Å². The van der Waals surface area contributed by atoms with Gasteiger partial charge < -0.3 is 0 Å². The highest BCUT2D eigenvalue weighted by molar-refractivity contribution is 5.32. The first-order chi connectivity index (χ1) is 7.86. The lowest BCUT2D eigenvalue weighted by molar-refractivity contribution is 0.590. The lowest BCUT2D eigenvalue weighted by atomic mass is 10.0. The van der Waals surface area contributed by atoms with Crippen LogP contribution in [0, 0.1) is 0 Å². The Kier molecular flexibility index (Phi) is 3.34. The standard InChI is InChI=1S/C13H17N3/c1-3-11(4-2)13-15-14-10-16(13)12-8-6-5-7-9-12/h5-11H,3-4H2,1-2H3. The first-order valence-electron chi connectivity index (χ1n) is 5.82. The van der Waals surface area contributed by atoms with Crippen LogP contribution in [0.25, 0.3) is 5.69 Å². The van der Waals surface area contributed by atoms with Crippen molar-refractivity contribution in [1.29, 1.82) is 0 Å². The van der Waals surface area contributed by atoms with Crippen LogP contribution in [-0.2, 0) is 0 Å². The van der Waals surface area contributed by atoms with E-state index < -0.39 is 0 Å². The largest absolute Gasteiger partial charge is 0.285 e. The maximum Gasteiger partial charge on any atom is 0.140 e. The Morgan fingerprint density at radius 3 is 2.44 bits per heavy atom. The molecule has 16 heavy (non-hydrogen) atoms. The summed E-state index contributed by atoms with van der Waals surface area (Å²) in [5.74, 6) is 1.55. The molecule has 0 unspecified atom stereocenters. The molecular weight excluding hydrogens is 198 g/mol. The SMILES string of the molecule is CCC(CC)c1nncn1-c1ccccc1. The lowest BCUT2D eigenvalue weighted by Crippen LogP contribution is -2.06. The Labute approximate surface area is 96.1 Å². The van der Waals surface area contributed by atoms with Gasteiger partial charge in [0.05, 0.1) is 0 Å². The highest BCUT2D eigenvalue weighted by Gasteiger charge is 2.14. The number of hydrogen-bond donors (Lipinski definition) is 0. The topological polar surface area (TPSA) is 30.7 Å². The zero-order valence-electron chi connectivity index (χ0n) is 9.80. The Bertz CT molecular complexity index is 429. The number of hydrogen-bond acceptors (Lipinski definition) is 2. The normalized spacial score (nSPS) is 10.9. The molecule has 0 bridgehead atoms. The molecule has 0 saturated carbocycles. The van der Waals surface area contributed by atoms with E-state index in [4.69, 9.17) is 0 Å². The van der Waals surface area contributed by atoms with Crippen LogP contribution in [0.5, 0.6) is 0 Å². The minimum Gasteiger partial charge on any atom is -0.285 e. The van der Waals surface area contributed by atoms with Gasteiger partial charge in [0.2, 0.25) is 0 Å². The second kappa shape index (κ2) is 4.92. The van der Waals surface area contributed by atoms with Crippen LogP contribution in [0.1, 0.15) is 38.4 Å². The minimum absolute atomic E-state index is 0.489. The van der Waals surface area contributed by atoms with Crippen molar-refractivity contribution >= 4 is 0 Å². The van der Waals surface area contributed by atoms with Crippen LogP contribution in [0.15, 0.2) is 36.7 Å². The summed E-state index contributed by atoms with van der Waals surface area (Å²) in [6, 6.07) is 10.2. The lowest BCUT2D eigenvalue weighted by Gasteiger charge is -2.13. The smallest absolute Gasteiger partial charge is 0.140 e. The fraction of sp³-hybridized carbons (Fsp3) is 0.385. The number of benzene rings is 1. The van der Waals surface area contributed by atoms with E-state index in [1.54, 1.807) is 6.33 Å². The van der Waals surface area contributed by atoms with Crippen LogP contribution < -0.4 is 0 Å². The predicted octanol–water partition coefficient (Wildman–Crippen LogP) is 3.17. The third-order valence-electron chi connectivity index (χ3n) is 2.96. The molecular formula is C13H17N3. The Morgan fingerprint density at radius 1 is 1.12 bits per heavy atom. The van der Waals surface area contributed by atoms with E-state index in [2.05, 4.69) is 40.7 Å². The zero-order chi connectivity index (χ0) is 11.4. The Morgan fingerprint density at radius 2 is 1.81 bits per heavy atom. The fourth-order valence-electron chi connectivity index (χ4n) is 1.96. The molecule has 84 valence electrons. The quantitative estimate of drug-likeness (QED) is 0.784. The Balaban J connectivity index is 2.40. The number of aromatic nitrogens is 3. The minimum atomic E-state index is 0.489. The van der Waals surface area contributed by atoms with Crippen LogP contribution >= 0.6 is 0 Å². The van der Waals surface area contributed by atoms with E-state index in [9.17, 15) is 0 Å². The van der Waals surface area contributed by atoms with Crippen molar-refractivity contribution in [3.63, 3.8) is 0 Å². The first kappa shape index (κ1) is 10.9. The summed E-state index contributed by atoms with van der Waals surface area (Å²) in [5.41, 5.74) is 1.13. The summed E-state index contributed by atoms with van der Waals surface area (Å²) in [6.45, 7) is 4.39. The zero-order valence-corrected chi connectivity index (χ0v) is 9.80. The highest BCUT2D eigenvalue weighted by atomic mass is 15.3. The molecule has 0 spiro atoms. The maximum absolute atomic E-state index is 4.25. The molecule has 2 aromatic rings. The van der Waals surface area contributed by atoms with E-state index >= 15 is 0 Å². The van der Waals surface area contributed by atoms with Gasteiger partial charge in [-0.25, -0.2) is 0 Å². The summed E-state index contributed by atoms with van der Waals surface area (Å²) < 4.78 is 2.08. The van der Waals surface area contributed by atoms with Gasteiger partial charge in [-0.05, 0) is 25.0 Å². The molecule has 0 aliphatic carbocycles. The van der Waals surface area contributed by atoms with Gasteiger partial charge in [0, 0.05) is 11.6 Å². The average molecular weight is 215 g/mol. The molecule has 0 N–H and O–H groups in total. The van der Waals surface area contributed by atoms with Gasteiger partial charge in [0.1, 0.15) is 12.2 Å². The van der Waals surface area contributed by atoms with Gasteiger partial charge >= 0.3 is 0 Å². The number of para-hydroxylation sites is 1.